The van der Waals surface area contributed by atoms with Gasteiger partial charge in [0.25, 0.3) is 0 Å². The zero-order valence-electron chi connectivity index (χ0n) is 19.7. The smallest absolute Gasteiger partial charge is 0.0578 e. The molecule has 8 atom stereocenters. The molecule has 4 rings (SSSR count). The summed E-state index contributed by atoms with van der Waals surface area (Å²) < 4.78 is 0. The van der Waals surface area contributed by atoms with Crippen LogP contribution in [0.4, 0.5) is 0 Å². The second-order valence-electron chi connectivity index (χ2n) is 11.9. The molecule has 0 aromatic carbocycles. The van der Waals surface area contributed by atoms with Crippen molar-refractivity contribution in [2.24, 2.45) is 46.3 Å². The summed E-state index contributed by atoms with van der Waals surface area (Å²) in [7, 11) is 0. The van der Waals surface area contributed by atoms with Crippen LogP contribution in [0.1, 0.15) is 86.5 Å². The largest absolute Gasteiger partial charge is 0.393 e. The Bertz CT molecular complexity index is 712. The Morgan fingerprint density at radius 2 is 1.69 bits per heavy atom. The van der Waals surface area contributed by atoms with Gasteiger partial charge in [-0.3, -0.25) is 0 Å². The molecule has 0 spiro atoms. The fourth-order valence-corrected chi connectivity index (χ4v) is 7.59. The van der Waals surface area contributed by atoms with E-state index >= 15 is 0 Å². The number of aliphatic hydroxyl groups is 1. The van der Waals surface area contributed by atoms with Crippen molar-refractivity contribution < 1.29 is 5.11 Å². The summed E-state index contributed by atoms with van der Waals surface area (Å²) in [6.45, 7) is 14.6. The molecule has 0 aromatic heterocycles. The standard InChI is InChI=1S/C28H44O/c1-18(2)19(3)7-8-20(4)24-11-12-25-23-10-9-21-17-22(29)13-15-27(21,5)26(23)14-16-28(24,25)6/h7-10,18-20,22,24-26,29H,11-17H2,1-6H3/b8-7+/t19-,20+,22-,24+,25-,26+,27-,28+/m0/s1. The quantitative estimate of drug-likeness (QED) is 0.493. The van der Waals surface area contributed by atoms with Crippen LogP contribution in [0.25, 0.3) is 0 Å². The maximum absolute atomic E-state index is 10.2. The third-order valence-electron chi connectivity index (χ3n) is 10.0. The Labute approximate surface area is 179 Å². The van der Waals surface area contributed by atoms with Gasteiger partial charge in [-0.15, -0.1) is 0 Å². The Balaban J connectivity index is 1.57. The highest BCUT2D eigenvalue weighted by atomic mass is 16.3. The van der Waals surface area contributed by atoms with Crippen molar-refractivity contribution in [2.45, 2.75) is 92.6 Å². The number of hydrogen-bond acceptors (Lipinski definition) is 1. The van der Waals surface area contributed by atoms with Gasteiger partial charge in [0, 0.05) is 0 Å². The maximum atomic E-state index is 10.2. The Morgan fingerprint density at radius 3 is 2.41 bits per heavy atom. The molecule has 0 aliphatic heterocycles. The SMILES string of the molecule is CC(C)[C@@H](C)/C=C/[C@@H](C)[C@H]1CC[C@H]2C3=CC=C4C[C@@H](O)CC[C@]4(C)[C@@H]3CC[C@]12C. The summed E-state index contributed by atoms with van der Waals surface area (Å²) in [5, 5.41) is 10.2. The molecule has 0 amide bonds. The Morgan fingerprint density at radius 1 is 0.931 bits per heavy atom. The Kier molecular flexibility index (Phi) is 5.69. The minimum Gasteiger partial charge on any atom is -0.393 e. The van der Waals surface area contributed by atoms with Crippen LogP contribution in [0.15, 0.2) is 35.5 Å². The van der Waals surface area contributed by atoms with Gasteiger partial charge in [-0.2, -0.15) is 0 Å². The number of aliphatic hydroxyl groups excluding tert-OH is 1. The molecule has 0 radical (unpaired) electrons. The van der Waals surface area contributed by atoms with Crippen molar-refractivity contribution in [1.82, 2.24) is 0 Å². The molecule has 0 unspecified atom stereocenters. The van der Waals surface area contributed by atoms with Gasteiger partial charge in [-0.05, 0) is 91.3 Å². The molecule has 3 fully saturated rings. The number of rotatable bonds is 4. The van der Waals surface area contributed by atoms with Crippen LogP contribution in [-0.4, -0.2) is 11.2 Å². The van der Waals surface area contributed by atoms with E-state index in [0.717, 1.165) is 36.5 Å². The van der Waals surface area contributed by atoms with Crippen LogP contribution in [0.5, 0.6) is 0 Å². The molecule has 1 N–H and O–H groups in total. The molecule has 4 aliphatic carbocycles. The summed E-state index contributed by atoms with van der Waals surface area (Å²) in [6, 6.07) is 0. The molecule has 4 aliphatic rings. The van der Waals surface area contributed by atoms with E-state index in [1.54, 1.807) is 5.57 Å². The summed E-state index contributed by atoms with van der Waals surface area (Å²) >= 11 is 0. The van der Waals surface area contributed by atoms with Crippen molar-refractivity contribution in [2.75, 3.05) is 0 Å². The minimum atomic E-state index is -0.116. The molecule has 0 bridgehead atoms. The van der Waals surface area contributed by atoms with Crippen LogP contribution in [0.2, 0.25) is 0 Å². The van der Waals surface area contributed by atoms with Gasteiger partial charge in [-0.1, -0.05) is 77.0 Å². The first kappa shape index (κ1) is 21.4. The van der Waals surface area contributed by atoms with E-state index in [0.29, 0.717) is 22.7 Å². The molecular formula is C28H44O. The summed E-state index contributed by atoms with van der Waals surface area (Å²) in [4.78, 5) is 0. The molecule has 0 saturated heterocycles. The fourth-order valence-electron chi connectivity index (χ4n) is 7.59. The van der Waals surface area contributed by atoms with E-state index in [1.165, 1.54) is 37.7 Å². The Hall–Kier alpha value is -0.820. The van der Waals surface area contributed by atoms with Gasteiger partial charge in [-0.25, -0.2) is 0 Å². The molecule has 162 valence electrons. The summed E-state index contributed by atoms with van der Waals surface area (Å²) in [5.41, 5.74) is 4.07. The number of allylic oxidation sites excluding steroid dienone is 5. The lowest BCUT2D eigenvalue weighted by atomic mass is 9.50. The predicted octanol–water partition coefficient (Wildman–Crippen LogP) is 7.33. The van der Waals surface area contributed by atoms with Crippen molar-refractivity contribution >= 4 is 0 Å². The first-order valence-electron chi connectivity index (χ1n) is 12.4. The molecule has 1 nitrogen and oxygen atoms in total. The van der Waals surface area contributed by atoms with Crippen LogP contribution < -0.4 is 0 Å². The third kappa shape index (κ3) is 3.50. The first-order valence-corrected chi connectivity index (χ1v) is 12.4. The highest BCUT2D eigenvalue weighted by Gasteiger charge is 2.56. The van der Waals surface area contributed by atoms with Gasteiger partial charge < -0.3 is 5.11 Å². The van der Waals surface area contributed by atoms with Crippen LogP contribution in [0, 0.1) is 46.3 Å². The van der Waals surface area contributed by atoms with Crippen molar-refractivity contribution in [3.63, 3.8) is 0 Å². The summed E-state index contributed by atoms with van der Waals surface area (Å²) in [5.74, 6) is 4.38. The molecule has 29 heavy (non-hydrogen) atoms. The van der Waals surface area contributed by atoms with Gasteiger partial charge in [0.15, 0.2) is 0 Å². The van der Waals surface area contributed by atoms with Gasteiger partial charge in [0.05, 0.1) is 6.10 Å². The number of hydrogen-bond donors (Lipinski definition) is 1. The van der Waals surface area contributed by atoms with E-state index in [9.17, 15) is 5.11 Å². The van der Waals surface area contributed by atoms with Crippen molar-refractivity contribution in [3.8, 4) is 0 Å². The lowest BCUT2D eigenvalue weighted by Gasteiger charge is -2.55. The van der Waals surface area contributed by atoms with Crippen LogP contribution >= 0.6 is 0 Å². The van der Waals surface area contributed by atoms with Gasteiger partial charge in [0.2, 0.25) is 0 Å². The van der Waals surface area contributed by atoms with E-state index in [2.05, 4.69) is 65.8 Å². The zero-order valence-corrected chi connectivity index (χ0v) is 19.7. The van der Waals surface area contributed by atoms with E-state index in [4.69, 9.17) is 0 Å². The molecular weight excluding hydrogens is 352 g/mol. The normalized spacial score (nSPS) is 44.0. The summed E-state index contributed by atoms with van der Waals surface area (Å²) in [6.07, 6.45) is 18.4. The lowest BCUT2D eigenvalue weighted by Crippen LogP contribution is -2.46. The maximum Gasteiger partial charge on any atom is 0.0578 e. The average Bonchev–Trinajstić information content (AvgIpc) is 3.03. The topological polar surface area (TPSA) is 20.2 Å². The van der Waals surface area contributed by atoms with E-state index in [-0.39, 0.29) is 6.10 Å². The predicted molar refractivity (Wildman–Crippen MR) is 123 cm³/mol. The second kappa shape index (κ2) is 7.70. The molecule has 3 saturated carbocycles. The highest BCUT2D eigenvalue weighted by Crippen LogP contribution is 2.65. The molecule has 0 aromatic rings. The lowest BCUT2D eigenvalue weighted by molar-refractivity contribution is 0.0382. The minimum absolute atomic E-state index is 0.116. The second-order valence-corrected chi connectivity index (χ2v) is 11.9. The number of fused-ring (bicyclic) bond motifs is 5. The van der Waals surface area contributed by atoms with Crippen molar-refractivity contribution in [1.29, 1.82) is 0 Å². The third-order valence-corrected chi connectivity index (χ3v) is 10.0. The van der Waals surface area contributed by atoms with Crippen LogP contribution in [-0.2, 0) is 0 Å². The van der Waals surface area contributed by atoms with Gasteiger partial charge in [0.1, 0.15) is 0 Å². The fraction of sp³-hybridized carbons (Fsp3) is 0.786. The highest BCUT2D eigenvalue weighted by molar-refractivity contribution is 5.39. The molecule has 0 heterocycles. The van der Waals surface area contributed by atoms with Crippen LogP contribution in [0.3, 0.4) is 0 Å². The van der Waals surface area contributed by atoms with E-state index < -0.39 is 0 Å². The van der Waals surface area contributed by atoms with Crippen molar-refractivity contribution in [3.05, 3.63) is 35.5 Å². The first-order chi connectivity index (χ1) is 13.7. The van der Waals surface area contributed by atoms with E-state index in [1.807, 2.05) is 0 Å². The molecule has 1 heteroatoms. The average molecular weight is 397 g/mol. The van der Waals surface area contributed by atoms with Gasteiger partial charge >= 0.3 is 0 Å². The monoisotopic (exact) mass is 396 g/mol. The zero-order chi connectivity index (χ0) is 21.0.